The molecule has 3 aromatic rings. The van der Waals surface area contributed by atoms with E-state index in [1.54, 1.807) is 12.1 Å². The molecule has 3 rings (SSSR count). The summed E-state index contributed by atoms with van der Waals surface area (Å²) in [4.78, 5) is 36.9. The van der Waals surface area contributed by atoms with Crippen LogP contribution in [0.15, 0.2) is 77.7 Å². The number of anilines is 1. The first kappa shape index (κ1) is 26.5. The van der Waals surface area contributed by atoms with Gasteiger partial charge in [0, 0.05) is 49.6 Å². The van der Waals surface area contributed by atoms with Gasteiger partial charge in [-0.3, -0.25) is 14.4 Å². The van der Waals surface area contributed by atoms with Gasteiger partial charge in [0.25, 0.3) is 17.7 Å². The average molecular weight is 513 g/mol. The zero-order valence-corrected chi connectivity index (χ0v) is 20.4. The molecule has 0 saturated carbocycles. The molecule has 0 aliphatic carbocycles. The number of hydrogen-bond acceptors (Lipinski definition) is 5. The average Bonchev–Trinajstić information content (AvgIpc) is 2.87. The molecule has 0 fully saturated rings. The quantitative estimate of drug-likeness (QED) is 0.380. The molecular weight excluding hydrogens is 487 g/mol. The van der Waals surface area contributed by atoms with Gasteiger partial charge in [-0.25, -0.2) is 17.1 Å². The number of sulfonamides is 1. The van der Waals surface area contributed by atoms with Gasteiger partial charge < -0.3 is 16.0 Å². The Kier molecular flexibility index (Phi) is 8.51. The van der Waals surface area contributed by atoms with Crippen LogP contribution in [0, 0.1) is 5.82 Å². The molecule has 0 aliphatic heterocycles. The topological polar surface area (TPSA) is 125 Å². The monoisotopic (exact) mass is 512 g/mol. The molecule has 0 bridgehead atoms. The Hall–Kier alpha value is -4.09. The van der Waals surface area contributed by atoms with E-state index in [-0.39, 0.29) is 29.5 Å². The normalized spacial score (nSPS) is 11.1. The lowest BCUT2D eigenvalue weighted by Gasteiger charge is -2.12. The first-order valence-electron chi connectivity index (χ1n) is 10.8. The lowest BCUT2D eigenvalue weighted by Crippen LogP contribution is -2.34. The van der Waals surface area contributed by atoms with Crippen molar-refractivity contribution in [1.82, 2.24) is 14.9 Å². The fourth-order valence-corrected chi connectivity index (χ4v) is 3.96. The lowest BCUT2D eigenvalue weighted by molar-refractivity contribution is 0.0927. The van der Waals surface area contributed by atoms with Crippen LogP contribution in [0.5, 0.6) is 0 Å². The van der Waals surface area contributed by atoms with Crippen LogP contribution in [0.4, 0.5) is 10.1 Å². The van der Waals surface area contributed by atoms with Crippen molar-refractivity contribution in [3.63, 3.8) is 0 Å². The van der Waals surface area contributed by atoms with Crippen LogP contribution in [-0.4, -0.2) is 57.6 Å². The van der Waals surface area contributed by atoms with Crippen LogP contribution in [0.2, 0.25) is 0 Å². The van der Waals surface area contributed by atoms with Crippen molar-refractivity contribution in [3.05, 3.63) is 95.3 Å². The maximum absolute atomic E-state index is 13.0. The Balaban J connectivity index is 1.45. The summed E-state index contributed by atoms with van der Waals surface area (Å²) in [6.07, 6.45) is 0. The number of carbonyl (C=O) groups excluding carboxylic acids is 3. The third-order valence-corrected chi connectivity index (χ3v) is 6.93. The number of halogens is 1. The van der Waals surface area contributed by atoms with Gasteiger partial charge in [-0.1, -0.05) is 0 Å². The zero-order chi connectivity index (χ0) is 26.3. The second kappa shape index (κ2) is 11.6. The van der Waals surface area contributed by atoms with Gasteiger partial charge in [-0.05, 0) is 72.8 Å². The van der Waals surface area contributed by atoms with E-state index >= 15 is 0 Å². The molecule has 9 nitrogen and oxygen atoms in total. The van der Waals surface area contributed by atoms with Crippen LogP contribution in [0.1, 0.15) is 31.1 Å². The van der Waals surface area contributed by atoms with Gasteiger partial charge in [0.05, 0.1) is 4.90 Å². The molecule has 0 spiro atoms. The van der Waals surface area contributed by atoms with Crippen molar-refractivity contribution < 1.29 is 27.2 Å². The van der Waals surface area contributed by atoms with Crippen LogP contribution >= 0.6 is 0 Å². The van der Waals surface area contributed by atoms with Crippen molar-refractivity contribution in [2.24, 2.45) is 0 Å². The van der Waals surface area contributed by atoms with Crippen molar-refractivity contribution >= 4 is 33.4 Å². The number of amides is 3. The number of carbonyl (C=O) groups is 3. The van der Waals surface area contributed by atoms with Gasteiger partial charge in [-0.15, -0.1) is 0 Å². The van der Waals surface area contributed by atoms with Crippen LogP contribution in [0.3, 0.4) is 0 Å². The molecule has 188 valence electrons. The highest BCUT2D eigenvalue weighted by Gasteiger charge is 2.17. The van der Waals surface area contributed by atoms with E-state index in [1.165, 1.54) is 74.8 Å². The fourth-order valence-electron chi connectivity index (χ4n) is 3.05. The summed E-state index contributed by atoms with van der Waals surface area (Å²) in [5, 5.41) is 7.99. The van der Waals surface area contributed by atoms with Gasteiger partial charge in [0.15, 0.2) is 0 Å². The molecule has 11 heteroatoms. The first-order chi connectivity index (χ1) is 17.1. The highest BCUT2D eigenvalue weighted by atomic mass is 32.2. The summed E-state index contributed by atoms with van der Waals surface area (Å²) in [5.41, 5.74) is 1.42. The summed E-state index contributed by atoms with van der Waals surface area (Å²) in [6, 6.07) is 16.9. The third kappa shape index (κ3) is 6.74. The predicted octanol–water partition coefficient (Wildman–Crippen LogP) is 2.49. The summed E-state index contributed by atoms with van der Waals surface area (Å²) >= 11 is 0. The van der Waals surface area contributed by atoms with Crippen LogP contribution in [-0.2, 0) is 10.0 Å². The summed E-state index contributed by atoms with van der Waals surface area (Å²) < 4.78 is 38.3. The van der Waals surface area contributed by atoms with Gasteiger partial charge in [0.1, 0.15) is 5.82 Å². The van der Waals surface area contributed by atoms with E-state index in [2.05, 4.69) is 16.0 Å². The maximum atomic E-state index is 13.0. The van der Waals surface area contributed by atoms with Gasteiger partial charge in [0.2, 0.25) is 10.0 Å². The maximum Gasteiger partial charge on any atom is 0.255 e. The Bertz CT molecular complexity index is 1340. The largest absolute Gasteiger partial charge is 0.350 e. The minimum atomic E-state index is -3.58. The molecule has 3 amide bonds. The standard InChI is InChI=1S/C25H25FN4O5S/c1-30(2)36(34,35)22-13-7-18(8-14-22)24(32)28-16-15-27-23(31)17-5-11-21(12-6-17)29-25(33)19-3-9-20(26)10-4-19/h3-14H,15-16H2,1-2H3,(H,27,31)(H,28,32)(H,29,33). The van der Waals surface area contributed by atoms with E-state index in [0.717, 1.165) is 4.31 Å². The van der Waals surface area contributed by atoms with E-state index in [4.69, 9.17) is 0 Å². The number of nitrogens with one attached hydrogen (secondary N) is 3. The molecule has 0 saturated heterocycles. The summed E-state index contributed by atoms with van der Waals surface area (Å²) in [5.74, 6) is -1.61. The van der Waals surface area contributed by atoms with E-state index in [1.807, 2.05) is 0 Å². The highest BCUT2D eigenvalue weighted by molar-refractivity contribution is 7.89. The summed E-state index contributed by atoms with van der Waals surface area (Å²) in [7, 11) is -0.732. The molecular formula is C25H25FN4O5S. The highest BCUT2D eigenvalue weighted by Crippen LogP contribution is 2.14. The van der Waals surface area contributed by atoms with Gasteiger partial charge >= 0.3 is 0 Å². The molecule has 3 aromatic carbocycles. The fraction of sp³-hybridized carbons (Fsp3) is 0.160. The molecule has 3 N–H and O–H groups in total. The molecule has 0 aliphatic rings. The van der Waals surface area contributed by atoms with Crippen molar-refractivity contribution in [2.45, 2.75) is 4.90 Å². The predicted molar refractivity (Wildman–Crippen MR) is 133 cm³/mol. The second-order valence-electron chi connectivity index (χ2n) is 7.86. The van der Waals surface area contributed by atoms with Crippen molar-refractivity contribution in [2.75, 3.05) is 32.5 Å². The van der Waals surface area contributed by atoms with Crippen molar-refractivity contribution in [3.8, 4) is 0 Å². The Morgan fingerprint density at radius 3 is 1.58 bits per heavy atom. The minimum absolute atomic E-state index is 0.0809. The SMILES string of the molecule is CN(C)S(=O)(=O)c1ccc(C(=O)NCCNC(=O)c2ccc(NC(=O)c3ccc(F)cc3)cc2)cc1. The van der Waals surface area contributed by atoms with E-state index in [9.17, 15) is 27.2 Å². The first-order valence-corrected chi connectivity index (χ1v) is 12.3. The van der Waals surface area contributed by atoms with E-state index < -0.39 is 27.7 Å². The lowest BCUT2D eigenvalue weighted by atomic mass is 10.1. The molecule has 0 atom stereocenters. The number of nitrogens with zero attached hydrogens (tertiary/aromatic N) is 1. The van der Waals surface area contributed by atoms with Crippen molar-refractivity contribution in [1.29, 1.82) is 0 Å². The Labute approximate surface area is 208 Å². The number of rotatable bonds is 9. The second-order valence-corrected chi connectivity index (χ2v) is 10.0. The van der Waals surface area contributed by atoms with Crippen LogP contribution in [0.25, 0.3) is 0 Å². The number of hydrogen-bond donors (Lipinski definition) is 3. The zero-order valence-electron chi connectivity index (χ0n) is 19.6. The Morgan fingerprint density at radius 2 is 1.11 bits per heavy atom. The molecule has 0 aromatic heterocycles. The third-order valence-electron chi connectivity index (χ3n) is 5.10. The minimum Gasteiger partial charge on any atom is -0.350 e. The smallest absolute Gasteiger partial charge is 0.255 e. The van der Waals surface area contributed by atoms with E-state index in [0.29, 0.717) is 16.8 Å². The molecule has 0 heterocycles. The van der Waals surface area contributed by atoms with Gasteiger partial charge in [-0.2, -0.15) is 0 Å². The van der Waals surface area contributed by atoms with Crippen LogP contribution < -0.4 is 16.0 Å². The molecule has 36 heavy (non-hydrogen) atoms. The number of benzene rings is 3. The summed E-state index contributed by atoms with van der Waals surface area (Å²) in [6.45, 7) is 0.328. The Morgan fingerprint density at radius 1 is 0.694 bits per heavy atom. The molecule has 0 unspecified atom stereocenters. The molecule has 0 radical (unpaired) electrons.